The van der Waals surface area contributed by atoms with Crippen molar-refractivity contribution in [3.05, 3.63) is 41.2 Å². The minimum absolute atomic E-state index is 0.330. The molecule has 3 aromatic heterocycles. The van der Waals surface area contributed by atoms with Crippen LogP contribution in [0, 0.1) is 0 Å². The fourth-order valence-corrected chi connectivity index (χ4v) is 3.17. The largest absolute Gasteiger partial charge is 0.391 e. The molecule has 0 unspecified atom stereocenters. The van der Waals surface area contributed by atoms with Gasteiger partial charge in [0.25, 0.3) is 5.91 Å². The number of nitrogens with zero attached hydrogens (tertiary/aromatic N) is 4. The van der Waals surface area contributed by atoms with Crippen molar-refractivity contribution in [2.24, 2.45) is 7.05 Å². The molecule has 8 nitrogen and oxygen atoms in total. The first-order valence-electron chi connectivity index (χ1n) is 8.81. The van der Waals surface area contributed by atoms with Gasteiger partial charge in [0.15, 0.2) is 5.65 Å². The molecular formula is C19H19ClN6O2. The maximum absolute atomic E-state index is 12.6. The molecule has 1 amide bonds. The van der Waals surface area contributed by atoms with E-state index in [0.29, 0.717) is 33.1 Å². The molecule has 0 aliphatic heterocycles. The zero-order valence-electron chi connectivity index (χ0n) is 15.6. The summed E-state index contributed by atoms with van der Waals surface area (Å²) in [5, 5.41) is 18.5. The maximum Gasteiger partial charge on any atom is 0.255 e. The monoisotopic (exact) mass is 398 g/mol. The van der Waals surface area contributed by atoms with Crippen LogP contribution in [0.15, 0.2) is 30.6 Å². The summed E-state index contributed by atoms with van der Waals surface area (Å²) in [6, 6.07) is 5.14. The number of carbonyl (C=O) groups excluding carboxylic acids is 1. The van der Waals surface area contributed by atoms with Crippen LogP contribution in [0.3, 0.4) is 0 Å². The van der Waals surface area contributed by atoms with Gasteiger partial charge in [-0.3, -0.25) is 9.48 Å². The molecule has 0 saturated heterocycles. The van der Waals surface area contributed by atoms with Crippen LogP contribution < -0.4 is 5.32 Å². The number of carbonyl (C=O) groups is 1. The molecule has 0 bridgehead atoms. The summed E-state index contributed by atoms with van der Waals surface area (Å²) >= 11 is 6.09. The Hall–Kier alpha value is -2.97. The number of H-pyrrole nitrogens is 1. The number of aryl methyl sites for hydroxylation is 1. The number of halogens is 1. The van der Waals surface area contributed by atoms with Gasteiger partial charge in [-0.2, -0.15) is 5.10 Å². The number of hydrogen-bond donors (Lipinski definition) is 3. The first kappa shape index (κ1) is 18.4. The summed E-state index contributed by atoms with van der Waals surface area (Å²) in [5.41, 5.74) is 3.40. The van der Waals surface area contributed by atoms with Crippen molar-refractivity contribution >= 4 is 39.6 Å². The van der Waals surface area contributed by atoms with Crippen molar-refractivity contribution in [2.45, 2.75) is 26.0 Å². The van der Waals surface area contributed by atoms with Crippen molar-refractivity contribution in [3.63, 3.8) is 0 Å². The molecule has 0 fully saturated rings. The molecule has 4 rings (SSSR count). The average Bonchev–Trinajstić information content (AvgIpc) is 3.22. The zero-order chi connectivity index (χ0) is 20.0. The van der Waals surface area contributed by atoms with E-state index in [0.717, 1.165) is 10.9 Å². The molecule has 3 N–H and O–H groups in total. The smallest absolute Gasteiger partial charge is 0.255 e. The van der Waals surface area contributed by atoms with Crippen LogP contribution in [-0.4, -0.2) is 47.9 Å². The summed E-state index contributed by atoms with van der Waals surface area (Å²) in [7, 11) is 1.83. The molecule has 9 heteroatoms. The van der Waals surface area contributed by atoms with Crippen LogP contribution in [-0.2, 0) is 7.05 Å². The highest BCUT2D eigenvalue weighted by Crippen LogP contribution is 2.29. The highest BCUT2D eigenvalue weighted by Gasteiger charge is 2.20. The summed E-state index contributed by atoms with van der Waals surface area (Å²) < 4.78 is 1.73. The summed E-state index contributed by atoms with van der Waals surface area (Å²) in [6.07, 6.45) is 2.52. The Morgan fingerprint density at radius 1 is 1.36 bits per heavy atom. The molecule has 4 aromatic rings. The Balaban J connectivity index is 1.79. The van der Waals surface area contributed by atoms with Crippen molar-refractivity contribution in [1.29, 1.82) is 0 Å². The second kappa shape index (κ2) is 6.88. The lowest BCUT2D eigenvalue weighted by Gasteiger charge is -2.15. The van der Waals surface area contributed by atoms with Gasteiger partial charge < -0.3 is 15.4 Å². The molecule has 28 heavy (non-hydrogen) atoms. The predicted octanol–water partition coefficient (Wildman–Crippen LogP) is 2.66. The molecule has 144 valence electrons. The predicted molar refractivity (Wildman–Crippen MR) is 107 cm³/mol. The molecule has 0 spiro atoms. The first-order valence-corrected chi connectivity index (χ1v) is 9.18. The van der Waals surface area contributed by atoms with Crippen LogP contribution in [0.5, 0.6) is 0 Å². The zero-order valence-corrected chi connectivity index (χ0v) is 16.3. The van der Waals surface area contributed by atoms with Crippen molar-refractivity contribution in [1.82, 2.24) is 30.0 Å². The van der Waals surface area contributed by atoms with E-state index in [-0.39, 0.29) is 5.91 Å². The lowest BCUT2D eigenvalue weighted by atomic mass is 10.1. The number of aliphatic hydroxyl groups is 1. The molecule has 1 aromatic carbocycles. The standard InChI is InChI=1S/C19H19ClN6O2/c1-9(10(2)27)23-19(28)13-7-21-18-17(13)24-14(8-22-18)16-12-5-4-11(20)6-15(12)26(3)25-16/h4-10,27H,1-3H3,(H,21,22)(H,23,28)/t9-,10-/m0/s1. The fraction of sp³-hybridized carbons (Fsp3) is 0.263. The molecule has 2 atom stereocenters. The number of rotatable bonds is 4. The van der Waals surface area contributed by atoms with Crippen LogP contribution in [0.2, 0.25) is 5.02 Å². The number of benzene rings is 1. The van der Waals surface area contributed by atoms with Gasteiger partial charge in [0.1, 0.15) is 16.9 Å². The number of hydrogen-bond acceptors (Lipinski definition) is 5. The van der Waals surface area contributed by atoms with Crippen LogP contribution in [0.1, 0.15) is 24.2 Å². The second-order valence-corrected chi connectivity index (χ2v) is 7.23. The number of aliphatic hydroxyl groups excluding tert-OH is 1. The molecule has 3 heterocycles. The summed E-state index contributed by atoms with van der Waals surface area (Å²) in [6.45, 7) is 3.36. The van der Waals surface area contributed by atoms with Crippen LogP contribution >= 0.6 is 11.6 Å². The molecule has 0 radical (unpaired) electrons. The number of amides is 1. The van der Waals surface area contributed by atoms with E-state index < -0.39 is 12.1 Å². The SMILES string of the molecule is C[C@H](O)[C@H](C)NC(=O)c1c[nH]c2ncc(-c3nn(C)c4cc(Cl)ccc34)nc12. The van der Waals surface area contributed by atoms with Gasteiger partial charge in [0.05, 0.1) is 29.4 Å². The van der Waals surface area contributed by atoms with E-state index >= 15 is 0 Å². The lowest BCUT2D eigenvalue weighted by molar-refractivity contribution is 0.0875. The van der Waals surface area contributed by atoms with Crippen LogP contribution in [0.25, 0.3) is 33.5 Å². The van der Waals surface area contributed by atoms with Gasteiger partial charge in [0.2, 0.25) is 0 Å². The minimum Gasteiger partial charge on any atom is -0.391 e. The quantitative estimate of drug-likeness (QED) is 0.489. The van der Waals surface area contributed by atoms with E-state index in [1.807, 2.05) is 19.2 Å². The second-order valence-electron chi connectivity index (χ2n) is 6.79. The summed E-state index contributed by atoms with van der Waals surface area (Å²) in [5.74, 6) is -0.330. The third-order valence-electron chi connectivity index (χ3n) is 4.76. The lowest BCUT2D eigenvalue weighted by Crippen LogP contribution is -2.39. The minimum atomic E-state index is -0.664. The summed E-state index contributed by atoms with van der Waals surface area (Å²) in [4.78, 5) is 24.6. The third kappa shape index (κ3) is 3.10. The Morgan fingerprint density at radius 2 is 2.14 bits per heavy atom. The highest BCUT2D eigenvalue weighted by atomic mass is 35.5. The Morgan fingerprint density at radius 3 is 2.89 bits per heavy atom. The normalized spacial score (nSPS) is 13.8. The number of nitrogens with one attached hydrogen (secondary N) is 2. The Bertz CT molecular complexity index is 1200. The van der Waals surface area contributed by atoms with Gasteiger partial charge in [-0.25, -0.2) is 9.97 Å². The number of aromatic amines is 1. The molecule has 0 aliphatic carbocycles. The number of fused-ring (bicyclic) bond motifs is 2. The molecule has 0 aliphatic rings. The van der Waals surface area contributed by atoms with Gasteiger partial charge in [-0.15, -0.1) is 0 Å². The van der Waals surface area contributed by atoms with E-state index in [1.165, 1.54) is 0 Å². The third-order valence-corrected chi connectivity index (χ3v) is 5.00. The van der Waals surface area contributed by atoms with Crippen molar-refractivity contribution < 1.29 is 9.90 Å². The maximum atomic E-state index is 12.6. The van der Waals surface area contributed by atoms with Gasteiger partial charge in [-0.1, -0.05) is 11.6 Å². The first-order chi connectivity index (χ1) is 13.3. The van der Waals surface area contributed by atoms with E-state index in [2.05, 4.69) is 25.4 Å². The number of aromatic nitrogens is 5. The Labute approximate surface area is 165 Å². The average molecular weight is 399 g/mol. The van der Waals surface area contributed by atoms with Gasteiger partial charge in [0, 0.05) is 23.7 Å². The van der Waals surface area contributed by atoms with Crippen LogP contribution in [0.4, 0.5) is 0 Å². The van der Waals surface area contributed by atoms with E-state index in [4.69, 9.17) is 11.6 Å². The molecule has 0 saturated carbocycles. The van der Waals surface area contributed by atoms with Crippen molar-refractivity contribution in [3.8, 4) is 11.4 Å². The van der Waals surface area contributed by atoms with Crippen molar-refractivity contribution in [2.75, 3.05) is 0 Å². The van der Waals surface area contributed by atoms with Gasteiger partial charge >= 0.3 is 0 Å². The topological polar surface area (TPSA) is 109 Å². The van der Waals surface area contributed by atoms with Gasteiger partial charge in [-0.05, 0) is 32.0 Å². The Kier molecular flexibility index (Phi) is 4.52. The highest BCUT2D eigenvalue weighted by molar-refractivity contribution is 6.31. The van der Waals surface area contributed by atoms with E-state index in [9.17, 15) is 9.90 Å². The van der Waals surface area contributed by atoms with E-state index in [1.54, 1.807) is 37.0 Å². The fourth-order valence-electron chi connectivity index (χ4n) is 3.00. The molecular weight excluding hydrogens is 380 g/mol.